The summed E-state index contributed by atoms with van der Waals surface area (Å²) in [4.78, 5) is 0. The number of hydrogen-bond acceptors (Lipinski definition) is 1. The van der Waals surface area contributed by atoms with Crippen molar-refractivity contribution in [2.75, 3.05) is 0 Å². The van der Waals surface area contributed by atoms with E-state index in [4.69, 9.17) is 0 Å². The van der Waals surface area contributed by atoms with Crippen LogP contribution >= 0.6 is 0 Å². The molecule has 0 aliphatic rings. The first-order chi connectivity index (χ1) is 16.7. The Kier molecular flexibility index (Phi) is 6.37. The van der Waals surface area contributed by atoms with E-state index >= 15 is 0 Å². The molecule has 0 aliphatic heterocycles. The van der Waals surface area contributed by atoms with Gasteiger partial charge in [-0.15, -0.1) is 0 Å². The van der Waals surface area contributed by atoms with E-state index in [-0.39, 0.29) is 6.04 Å². The molecule has 0 aliphatic carbocycles. The smallest absolute Gasteiger partial charge is 0.244 e. The van der Waals surface area contributed by atoms with Gasteiger partial charge in [-0.2, -0.15) is 0 Å². The highest BCUT2D eigenvalue weighted by atomic mass is 16.3. The van der Waals surface area contributed by atoms with Crippen molar-refractivity contribution in [1.82, 2.24) is 4.57 Å². The van der Waals surface area contributed by atoms with Crippen LogP contribution < -0.4 is 4.57 Å². The van der Waals surface area contributed by atoms with Crippen molar-refractivity contribution >= 4 is 0 Å². The Labute approximate surface area is 201 Å². The van der Waals surface area contributed by atoms with Gasteiger partial charge >= 0.3 is 0 Å². The maximum atomic E-state index is 12.6. The molecule has 3 heteroatoms. The first-order valence-corrected chi connectivity index (χ1v) is 11.7. The molecule has 5 aromatic rings. The highest BCUT2D eigenvalue weighted by Crippen LogP contribution is 2.41. The van der Waals surface area contributed by atoms with Crippen molar-refractivity contribution in [3.8, 4) is 0 Å². The fourth-order valence-electron chi connectivity index (χ4n) is 4.73. The van der Waals surface area contributed by atoms with Crippen LogP contribution in [0.3, 0.4) is 0 Å². The topological polar surface area (TPSA) is 29.0 Å². The average Bonchev–Trinajstić information content (AvgIpc) is 3.37. The zero-order valence-electron chi connectivity index (χ0n) is 19.1. The highest BCUT2D eigenvalue weighted by molar-refractivity contribution is 5.38. The molecule has 0 saturated carbocycles. The minimum absolute atomic E-state index is 0.253. The second-order valence-electron chi connectivity index (χ2n) is 8.72. The van der Waals surface area contributed by atoms with Gasteiger partial charge in [0, 0.05) is 6.42 Å². The van der Waals surface area contributed by atoms with Gasteiger partial charge in [0.25, 0.3) is 0 Å². The molecule has 4 aromatic carbocycles. The van der Waals surface area contributed by atoms with Gasteiger partial charge in [-0.25, -0.2) is 9.13 Å². The maximum Gasteiger partial charge on any atom is 0.244 e. The van der Waals surface area contributed by atoms with Gasteiger partial charge in [0.2, 0.25) is 6.33 Å². The van der Waals surface area contributed by atoms with Gasteiger partial charge in [-0.3, -0.25) is 0 Å². The Hall–Kier alpha value is -3.95. The Morgan fingerprint density at radius 1 is 0.647 bits per heavy atom. The van der Waals surface area contributed by atoms with Crippen LogP contribution in [0.4, 0.5) is 0 Å². The summed E-state index contributed by atoms with van der Waals surface area (Å²) in [5.74, 6) is 0. The molecule has 1 atom stereocenters. The SMILES string of the molecule is OC(c1ccccc1)(c1ccccc1)[C@H](Cc1ccccc1)n1cc[n+](Cc2ccccc2)c1. The van der Waals surface area contributed by atoms with E-state index < -0.39 is 5.60 Å². The summed E-state index contributed by atoms with van der Waals surface area (Å²) >= 11 is 0. The second-order valence-corrected chi connectivity index (χ2v) is 8.72. The lowest BCUT2D eigenvalue weighted by molar-refractivity contribution is -0.688. The first-order valence-electron chi connectivity index (χ1n) is 11.7. The normalized spacial score (nSPS) is 12.4. The minimum atomic E-state index is -1.22. The van der Waals surface area contributed by atoms with Crippen LogP contribution in [0.15, 0.2) is 140 Å². The molecule has 0 radical (unpaired) electrons. The quantitative estimate of drug-likeness (QED) is 0.312. The van der Waals surface area contributed by atoms with E-state index in [0.29, 0.717) is 6.42 Å². The number of hydrogen-bond donors (Lipinski definition) is 1. The van der Waals surface area contributed by atoms with Crippen LogP contribution in [-0.2, 0) is 18.6 Å². The van der Waals surface area contributed by atoms with Crippen LogP contribution in [0.5, 0.6) is 0 Å². The number of benzene rings is 4. The largest absolute Gasteiger partial charge is 0.376 e. The Balaban J connectivity index is 1.61. The number of aromatic nitrogens is 2. The highest BCUT2D eigenvalue weighted by Gasteiger charge is 2.44. The molecule has 0 unspecified atom stereocenters. The van der Waals surface area contributed by atoms with Gasteiger partial charge in [0.05, 0.1) is 0 Å². The van der Waals surface area contributed by atoms with Crippen molar-refractivity contribution in [2.45, 2.75) is 24.6 Å². The van der Waals surface area contributed by atoms with Crippen LogP contribution in [0.1, 0.15) is 28.3 Å². The Bertz CT molecular complexity index is 1260. The Morgan fingerprint density at radius 3 is 1.65 bits per heavy atom. The fraction of sp³-hybridized carbons (Fsp3) is 0.129. The summed E-state index contributed by atoms with van der Waals surface area (Å²) in [5, 5.41) is 12.6. The molecule has 5 rings (SSSR count). The van der Waals surface area contributed by atoms with Crippen LogP contribution in [0.2, 0.25) is 0 Å². The van der Waals surface area contributed by atoms with E-state index in [1.54, 1.807) is 0 Å². The summed E-state index contributed by atoms with van der Waals surface area (Å²) in [6.45, 7) is 0.779. The van der Waals surface area contributed by atoms with Gasteiger partial charge in [0.15, 0.2) is 5.60 Å². The Morgan fingerprint density at radius 2 is 1.12 bits per heavy atom. The van der Waals surface area contributed by atoms with E-state index in [1.165, 1.54) is 11.1 Å². The van der Waals surface area contributed by atoms with Crippen molar-refractivity contribution in [3.05, 3.63) is 162 Å². The molecule has 1 N–H and O–H groups in total. The lowest BCUT2D eigenvalue weighted by Gasteiger charge is -2.35. The van der Waals surface area contributed by atoms with E-state index in [1.807, 2.05) is 72.8 Å². The predicted octanol–water partition coefficient (Wildman–Crippen LogP) is 5.54. The summed E-state index contributed by atoms with van der Waals surface area (Å²) in [6.07, 6.45) is 6.95. The molecular weight excluding hydrogens is 416 g/mol. The zero-order chi connectivity index (χ0) is 23.2. The molecular formula is C31H29N2O+. The monoisotopic (exact) mass is 445 g/mol. The summed E-state index contributed by atoms with van der Waals surface area (Å²) in [6, 6.07) is 40.6. The molecule has 1 aromatic heterocycles. The van der Waals surface area contributed by atoms with Gasteiger partial charge < -0.3 is 5.11 Å². The second kappa shape index (κ2) is 9.90. The van der Waals surface area contributed by atoms with Crippen molar-refractivity contribution in [1.29, 1.82) is 0 Å². The summed E-state index contributed by atoms with van der Waals surface area (Å²) < 4.78 is 4.33. The standard InChI is InChI=1S/C31H29N2O/c34-31(28-17-9-3-10-18-28,29-19-11-4-12-20-29)30(23-26-13-5-1-6-14-26)33-22-21-32(25-33)24-27-15-7-2-8-16-27/h1-22,25,30,34H,23-24H2/q+1/t30-/m0/s1. The van der Waals surface area contributed by atoms with Crippen molar-refractivity contribution in [3.63, 3.8) is 0 Å². The van der Waals surface area contributed by atoms with E-state index in [2.05, 4.69) is 76.4 Å². The molecule has 3 nitrogen and oxygen atoms in total. The minimum Gasteiger partial charge on any atom is -0.376 e. The van der Waals surface area contributed by atoms with Crippen molar-refractivity contribution < 1.29 is 9.67 Å². The number of nitrogens with zero attached hydrogens (tertiary/aromatic N) is 2. The molecule has 0 spiro atoms. The third-order valence-corrected chi connectivity index (χ3v) is 6.46. The predicted molar refractivity (Wildman–Crippen MR) is 135 cm³/mol. The van der Waals surface area contributed by atoms with Gasteiger partial charge in [-0.05, 0) is 22.3 Å². The summed E-state index contributed by atoms with van der Waals surface area (Å²) in [5.41, 5.74) is 2.96. The van der Waals surface area contributed by atoms with E-state index in [0.717, 1.165) is 17.7 Å². The van der Waals surface area contributed by atoms with Crippen LogP contribution in [0.25, 0.3) is 0 Å². The zero-order valence-corrected chi connectivity index (χ0v) is 19.1. The molecule has 0 saturated heterocycles. The number of rotatable bonds is 8. The average molecular weight is 446 g/mol. The van der Waals surface area contributed by atoms with Crippen molar-refractivity contribution in [2.24, 2.45) is 0 Å². The summed E-state index contributed by atoms with van der Waals surface area (Å²) in [7, 11) is 0. The molecule has 168 valence electrons. The molecule has 0 fully saturated rings. The lowest BCUT2D eigenvalue weighted by Crippen LogP contribution is -2.40. The number of imidazole rings is 1. The first kappa shape index (κ1) is 21.9. The molecule has 0 bridgehead atoms. The van der Waals surface area contributed by atoms with Gasteiger partial charge in [-0.1, -0.05) is 121 Å². The van der Waals surface area contributed by atoms with Gasteiger partial charge in [0.1, 0.15) is 25.0 Å². The lowest BCUT2D eigenvalue weighted by atomic mass is 9.77. The maximum absolute atomic E-state index is 12.6. The molecule has 34 heavy (non-hydrogen) atoms. The number of aliphatic hydroxyl groups is 1. The van der Waals surface area contributed by atoms with Crippen LogP contribution in [-0.4, -0.2) is 9.67 Å². The van der Waals surface area contributed by atoms with E-state index in [9.17, 15) is 5.11 Å². The fourth-order valence-corrected chi connectivity index (χ4v) is 4.73. The van der Waals surface area contributed by atoms with Crippen LogP contribution in [0, 0.1) is 0 Å². The third-order valence-electron chi connectivity index (χ3n) is 6.46. The third kappa shape index (κ3) is 4.57. The molecule has 0 amide bonds. The molecule has 1 heterocycles.